The van der Waals surface area contributed by atoms with Gasteiger partial charge in [0.2, 0.25) is 5.91 Å². The Morgan fingerprint density at radius 3 is 2.90 bits per heavy atom. The minimum Gasteiger partial charge on any atom is -0.356 e. The van der Waals surface area contributed by atoms with E-state index in [2.05, 4.69) is 34.6 Å². The molecule has 1 aliphatic heterocycles. The number of carbonyl (C=O) groups is 1. The van der Waals surface area contributed by atoms with Gasteiger partial charge in [-0.1, -0.05) is 30.3 Å². The maximum absolute atomic E-state index is 13.3. The van der Waals surface area contributed by atoms with Gasteiger partial charge < -0.3 is 9.88 Å². The van der Waals surface area contributed by atoms with Crippen LogP contribution in [0.1, 0.15) is 40.0 Å². The smallest absolute Gasteiger partial charge is 0.223 e. The molecule has 1 aromatic carbocycles. The fourth-order valence-electron chi connectivity index (χ4n) is 4.36. The monoisotopic (exact) mass is 401 g/mol. The molecule has 29 heavy (non-hydrogen) atoms. The number of rotatable bonds is 4. The van der Waals surface area contributed by atoms with E-state index in [1.54, 1.807) is 11.3 Å². The third-order valence-corrected chi connectivity index (χ3v) is 6.65. The van der Waals surface area contributed by atoms with Crippen LogP contribution in [-0.2, 0) is 17.6 Å². The molecule has 0 saturated heterocycles. The number of aryl methyl sites for hydroxylation is 2. The Morgan fingerprint density at radius 2 is 2.07 bits per heavy atom. The van der Waals surface area contributed by atoms with E-state index in [1.807, 2.05) is 42.2 Å². The van der Waals surface area contributed by atoms with Crippen LogP contribution < -0.4 is 0 Å². The summed E-state index contributed by atoms with van der Waals surface area (Å²) in [7, 11) is 0. The summed E-state index contributed by atoms with van der Waals surface area (Å²) in [5, 5.41) is 3.32. The number of fused-ring (bicyclic) bond motifs is 3. The molecule has 4 aromatic rings. The van der Waals surface area contributed by atoms with Crippen LogP contribution >= 0.6 is 11.3 Å². The van der Waals surface area contributed by atoms with Crippen LogP contribution in [0.15, 0.2) is 60.0 Å². The van der Waals surface area contributed by atoms with Crippen molar-refractivity contribution in [1.29, 1.82) is 0 Å². The Labute approximate surface area is 174 Å². The fourth-order valence-corrected chi connectivity index (χ4v) is 5.07. The van der Waals surface area contributed by atoms with Crippen molar-refractivity contribution in [1.82, 2.24) is 14.9 Å². The number of thiophene rings is 1. The number of H-pyrrole nitrogens is 1. The lowest BCUT2D eigenvalue weighted by atomic mass is 9.94. The summed E-state index contributed by atoms with van der Waals surface area (Å²) in [6, 6.07) is 18.5. The molecule has 0 fully saturated rings. The Morgan fingerprint density at radius 1 is 1.17 bits per heavy atom. The lowest BCUT2D eigenvalue weighted by Crippen LogP contribution is -2.41. The van der Waals surface area contributed by atoms with Crippen LogP contribution in [0, 0.1) is 6.92 Å². The van der Waals surface area contributed by atoms with Crippen LogP contribution in [0.3, 0.4) is 0 Å². The molecule has 0 bridgehead atoms. The average molecular weight is 402 g/mol. The molecule has 0 spiro atoms. The van der Waals surface area contributed by atoms with E-state index in [-0.39, 0.29) is 11.9 Å². The predicted octanol–water partition coefficient (Wildman–Crippen LogP) is 5.04. The van der Waals surface area contributed by atoms with E-state index >= 15 is 0 Å². The molecular weight excluding hydrogens is 378 g/mol. The first-order valence-corrected chi connectivity index (χ1v) is 10.9. The number of aromatic amines is 1. The van der Waals surface area contributed by atoms with Crippen molar-refractivity contribution in [2.45, 2.75) is 32.2 Å². The molecule has 1 unspecified atom stereocenters. The molecule has 0 saturated carbocycles. The number of para-hydroxylation sites is 1. The summed E-state index contributed by atoms with van der Waals surface area (Å²) >= 11 is 1.71. The van der Waals surface area contributed by atoms with Gasteiger partial charge in [-0.3, -0.25) is 9.78 Å². The van der Waals surface area contributed by atoms with E-state index in [0.29, 0.717) is 6.42 Å². The van der Waals surface area contributed by atoms with E-state index in [9.17, 15) is 4.79 Å². The second kappa shape index (κ2) is 7.48. The van der Waals surface area contributed by atoms with Crippen LogP contribution in [0.5, 0.6) is 0 Å². The van der Waals surface area contributed by atoms with Crippen molar-refractivity contribution < 1.29 is 4.79 Å². The number of nitrogens with one attached hydrogen (secondary N) is 1. The van der Waals surface area contributed by atoms with Crippen LogP contribution in [0.25, 0.3) is 10.9 Å². The molecule has 0 aliphatic carbocycles. The zero-order valence-corrected chi connectivity index (χ0v) is 17.2. The first-order chi connectivity index (χ1) is 14.2. The normalized spacial score (nSPS) is 16.2. The third-order valence-electron chi connectivity index (χ3n) is 5.71. The Hall–Kier alpha value is -2.92. The quantitative estimate of drug-likeness (QED) is 0.521. The van der Waals surface area contributed by atoms with Gasteiger partial charge in [0.1, 0.15) is 6.04 Å². The minimum atomic E-state index is -0.165. The van der Waals surface area contributed by atoms with Crippen molar-refractivity contribution in [3.8, 4) is 0 Å². The van der Waals surface area contributed by atoms with Gasteiger partial charge in [-0.2, -0.15) is 0 Å². The number of nitrogens with zero attached hydrogens (tertiary/aromatic N) is 2. The molecule has 4 nitrogen and oxygen atoms in total. The van der Waals surface area contributed by atoms with Gasteiger partial charge in [0.05, 0.1) is 5.69 Å². The Bertz CT molecular complexity index is 1160. The first-order valence-electron chi connectivity index (χ1n) is 10.1. The zero-order chi connectivity index (χ0) is 19.8. The summed E-state index contributed by atoms with van der Waals surface area (Å²) in [5.41, 5.74) is 5.46. The molecular formula is C24H23N3OS. The van der Waals surface area contributed by atoms with Crippen molar-refractivity contribution in [3.05, 3.63) is 87.5 Å². The average Bonchev–Trinajstić information content (AvgIpc) is 3.38. The van der Waals surface area contributed by atoms with Crippen molar-refractivity contribution >= 4 is 28.1 Å². The maximum Gasteiger partial charge on any atom is 0.223 e. The van der Waals surface area contributed by atoms with Gasteiger partial charge >= 0.3 is 0 Å². The van der Waals surface area contributed by atoms with Crippen molar-refractivity contribution in [2.75, 3.05) is 6.54 Å². The molecule has 146 valence electrons. The predicted molar refractivity (Wildman–Crippen MR) is 117 cm³/mol. The lowest BCUT2D eigenvalue weighted by molar-refractivity contribution is -0.133. The molecule has 1 amide bonds. The van der Waals surface area contributed by atoms with Gasteiger partial charge in [0, 0.05) is 40.1 Å². The highest BCUT2D eigenvalue weighted by molar-refractivity contribution is 7.09. The largest absolute Gasteiger partial charge is 0.356 e. The van der Waals surface area contributed by atoms with Gasteiger partial charge in [-0.05, 0) is 55.0 Å². The van der Waals surface area contributed by atoms with E-state index in [0.717, 1.165) is 42.0 Å². The molecule has 1 aliphatic rings. The molecule has 5 heteroatoms. The SMILES string of the molecule is Cc1cccc(C2c3[nH]c4ccccc4c3CCN2C(=O)CCc2cccs2)n1. The Balaban J connectivity index is 1.54. The minimum absolute atomic E-state index is 0.165. The standard InChI is InChI=1S/C24H23N3OS/c1-16-6-4-10-21(25-16)24-23-19(18-8-2-3-9-20(18)26-23)13-14-27(24)22(28)12-11-17-7-5-15-29-17/h2-10,15,24,26H,11-14H2,1H3. The number of pyridine rings is 1. The summed E-state index contributed by atoms with van der Waals surface area (Å²) < 4.78 is 0. The Kier molecular flexibility index (Phi) is 4.68. The van der Waals surface area contributed by atoms with Crippen LogP contribution in [0.4, 0.5) is 0 Å². The number of hydrogen-bond acceptors (Lipinski definition) is 3. The second-order valence-electron chi connectivity index (χ2n) is 7.59. The summed E-state index contributed by atoms with van der Waals surface area (Å²) in [6.45, 7) is 2.72. The highest BCUT2D eigenvalue weighted by atomic mass is 32.1. The molecule has 4 heterocycles. The van der Waals surface area contributed by atoms with E-state index in [4.69, 9.17) is 4.98 Å². The maximum atomic E-state index is 13.3. The van der Waals surface area contributed by atoms with Crippen molar-refractivity contribution in [3.63, 3.8) is 0 Å². The van der Waals surface area contributed by atoms with Gasteiger partial charge in [0.25, 0.3) is 0 Å². The summed E-state index contributed by atoms with van der Waals surface area (Å²) in [5.74, 6) is 0.191. The summed E-state index contributed by atoms with van der Waals surface area (Å²) in [6.07, 6.45) is 2.19. The van der Waals surface area contributed by atoms with Gasteiger partial charge in [-0.15, -0.1) is 11.3 Å². The topological polar surface area (TPSA) is 49.0 Å². The zero-order valence-electron chi connectivity index (χ0n) is 16.4. The molecule has 0 radical (unpaired) electrons. The third kappa shape index (κ3) is 3.36. The summed E-state index contributed by atoms with van der Waals surface area (Å²) in [4.78, 5) is 25.0. The lowest BCUT2D eigenvalue weighted by Gasteiger charge is -2.35. The molecule has 1 atom stereocenters. The van der Waals surface area contributed by atoms with Gasteiger partial charge in [0.15, 0.2) is 0 Å². The highest BCUT2D eigenvalue weighted by Crippen LogP contribution is 2.38. The number of benzene rings is 1. The van der Waals surface area contributed by atoms with Crippen molar-refractivity contribution in [2.24, 2.45) is 0 Å². The van der Waals surface area contributed by atoms with E-state index in [1.165, 1.54) is 15.8 Å². The number of amides is 1. The molecule has 5 rings (SSSR count). The van der Waals surface area contributed by atoms with E-state index < -0.39 is 0 Å². The second-order valence-corrected chi connectivity index (χ2v) is 8.62. The number of carbonyl (C=O) groups excluding carboxylic acids is 1. The highest BCUT2D eigenvalue weighted by Gasteiger charge is 2.35. The van der Waals surface area contributed by atoms with Crippen LogP contribution in [-0.4, -0.2) is 27.3 Å². The molecule has 1 N–H and O–H groups in total. The van der Waals surface area contributed by atoms with Crippen LogP contribution in [0.2, 0.25) is 0 Å². The molecule has 3 aromatic heterocycles. The number of aromatic nitrogens is 2. The number of hydrogen-bond donors (Lipinski definition) is 1. The first kappa shape index (κ1) is 18.1. The fraction of sp³-hybridized carbons (Fsp3) is 0.250. The van der Waals surface area contributed by atoms with Gasteiger partial charge in [-0.25, -0.2) is 0 Å².